The maximum atomic E-state index is 5.52. The van der Waals surface area contributed by atoms with E-state index in [4.69, 9.17) is 5.73 Å². The Morgan fingerprint density at radius 2 is 2.20 bits per heavy atom. The number of hydrogen-bond acceptors (Lipinski definition) is 2. The molecule has 3 nitrogen and oxygen atoms in total. The maximum absolute atomic E-state index is 5.52. The lowest BCUT2D eigenvalue weighted by Crippen LogP contribution is -2.00. The van der Waals surface area contributed by atoms with E-state index in [2.05, 4.69) is 40.1 Å². The van der Waals surface area contributed by atoms with Crippen LogP contribution in [0.2, 0.25) is 0 Å². The summed E-state index contributed by atoms with van der Waals surface area (Å²) in [5.74, 6) is 0. The lowest BCUT2D eigenvalue weighted by atomic mass is 10.2. The number of nitrogens with two attached hydrogens (primary N) is 1. The molecule has 0 aliphatic carbocycles. The monoisotopic (exact) mass is 265 g/mol. The minimum Gasteiger partial charge on any atom is -0.325 e. The number of benzene rings is 1. The first kappa shape index (κ1) is 10.4. The minimum atomic E-state index is 0.472. The van der Waals surface area contributed by atoms with Crippen molar-refractivity contribution in [1.82, 2.24) is 9.78 Å². The van der Waals surface area contributed by atoms with E-state index in [9.17, 15) is 0 Å². The fourth-order valence-electron chi connectivity index (χ4n) is 1.46. The van der Waals surface area contributed by atoms with Crippen LogP contribution in [0, 0.1) is 6.92 Å². The van der Waals surface area contributed by atoms with Crippen LogP contribution in [0.3, 0.4) is 0 Å². The lowest BCUT2D eigenvalue weighted by molar-refractivity contribution is 0.832. The molecule has 2 rings (SSSR count). The second-order valence-electron chi connectivity index (χ2n) is 3.44. The third kappa shape index (κ3) is 2.27. The molecule has 0 atom stereocenters. The van der Waals surface area contributed by atoms with Gasteiger partial charge in [0.1, 0.15) is 0 Å². The van der Waals surface area contributed by atoms with Gasteiger partial charge in [-0.05, 0) is 36.8 Å². The van der Waals surface area contributed by atoms with E-state index in [1.165, 1.54) is 5.56 Å². The van der Waals surface area contributed by atoms with Gasteiger partial charge < -0.3 is 5.73 Å². The number of aryl methyl sites for hydroxylation is 1. The summed E-state index contributed by atoms with van der Waals surface area (Å²) in [5, 5.41) is 4.35. The highest BCUT2D eigenvalue weighted by Gasteiger charge is 2.01. The Hall–Kier alpha value is -1.13. The Morgan fingerprint density at radius 3 is 2.80 bits per heavy atom. The van der Waals surface area contributed by atoms with Gasteiger partial charge in [-0.3, -0.25) is 0 Å². The van der Waals surface area contributed by atoms with Gasteiger partial charge in [-0.1, -0.05) is 15.9 Å². The lowest BCUT2D eigenvalue weighted by Gasteiger charge is -2.03. The van der Waals surface area contributed by atoms with E-state index in [1.54, 1.807) is 0 Å². The molecule has 0 bridgehead atoms. The smallest absolute Gasteiger partial charge is 0.0764 e. The fraction of sp³-hybridized carbons (Fsp3) is 0.182. The Bertz CT molecular complexity index is 456. The standard InChI is InChI=1S/C11H12BrN3/c1-8-4-9(12)6-11(5-8)15-3-2-10(7-13)14-15/h2-6H,7,13H2,1H3. The number of aromatic nitrogens is 2. The Kier molecular flexibility index (Phi) is 2.88. The SMILES string of the molecule is Cc1cc(Br)cc(-n2ccc(CN)n2)c1. The van der Waals surface area contributed by atoms with Crippen LogP contribution < -0.4 is 5.73 Å². The van der Waals surface area contributed by atoms with Crippen molar-refractivity contribution in [1.29, 1.82) is 0 Å². The molecule has 0 saturated carbocycles. The average Bonchev–Trinajstić information content (AvgIpc) is 2.64. The molecule has 1 aromatic heterocycles. The summed E-state index contributed by atoms with van der Waals surface area (Å²) in [6, 6.07) is 8.10. The van der Waals surface area contributed by atoms with Gasteiger partial charge in [0.25, 0.3) is 0 Å². The van der Waals surface area contributed by atoms with Crippen molar-refractivity contribution in [2.45, 2.75) is 13.5 Å². The molecule has 78 valence electrons. The molecule has 1 aromatic carbocycles. The number of rotatable bonds is 2. The minimum absolute atomic E-state index is 0.472. The van der Waals surface area contributed by atoms with Crippen molar-refractivity contribution in [3.63, 3.8) is 0 Å². The second-order valence-corrected chi connectivity index (χ2v) is 4.36. The third-order valence-corrected chi connectivity index (χ3v) is 2.60. The summed E-state index contributed by atoms with van der Waals surface area (Å²) in [6.07, 6.45) is 1.92. The Labute approximate surface area is 97.0 Å². The van der Waals surface area contributed by atoms with Gasteiger partial charge >= 0.3 is 0 Å². The molecule has 0 radical (unpaired) electrons. The Balaban J connectivity index is 2.44. The molecule has 0 fully saturated rings. The first-order valence-corrected chi connectivity index (χ1v) is 5.50. The molecule has 2 N–H and O–H groups in total. The molecular formula is C11H12BrN3. The van der Waals surface area contributed by atoms with Crippen LogP contribution >= 0.6 is 15.9 Å². The van der Waals surface area contributed by atoms with Crippen molar-refractivity contribution >= 4 is 15.9 Å². The number of halogens is 1. The largest absolute Gasteiger partial charge is 0.325 e. The number of nitrogens with zero attached hydrogens (tertiary/aromatic N) is 2. The van der Waals surface area contributed by atoms with E-state index >= 15 is 0 Å². The van der Waals surface area contributed by atoms with Crippen LogP contribution in [0.15, 0.2) is 34.9 Å². The average molecular weight is 266 g/mol. The zero-order chi connectivity index (χ0) is 10.8. The van der Waals surface area contributed by atoms with Gasteiger partial charge in [0.05, 0.1) is 11.4 Å². The van der Waals surface area contributed by atoms with E-state index in [0.717, 1.165) is 15.9 Å². The zero-order valence-corrected chi connectivity index (χ0v) is 10.0. The molecule has 0 aliphatic rings. The van der Waals surface area contributed by atoms with Crippen molar-refractivity contribution in [3.8, 4) is 5.69 Å². The van der Waals surface area contributed by atoms with E-state index in [0.29, 0.717) is 6.54 Å². The molecule has 0 aliphatic heterocycles. The van der Waals surface area contributed by atoms with Gasteiger partial charge in [-0.15, -0.1) is 0 Å². The van der Waals surface area contributed by atoms with Crippen LogP contribution in [0.1, 0.15) is 11.3 Å². The maximum Gasteiger partial charge on any atom is 0.0764 e. The highest BCUT2D eigenvalue weighted by Crippen LogP contribution is 2.18. The second kappa shape index (κ2) is 4.16. The molecule has 0 saturated heterocycles. The van der Waals surface area contributed by atoms with Gasteiger partial charge in [-0.25, -0.2) is 4.68 Å². The van der Waals surface area contributed by atoms with E-state index in [-0.39, 0.29) is 0 Å². The summed E-state index contributed by atoms with van der Waals surface area (Å²) in [6.45, 7) is 2.53. The molecule has 0 amide bonds. The zero-order valence-electron chi connectivity index (χ0n) is 8.44. The molecule has 1 heterocycles. The molecular weight excluding hydrogens is 254 g/mol. The van der Waals surface area contributed by atoms with Crippen LogP contribution in [0.25, 0.3) is 5.69 Å². The van der Waals surface area contributed by atoms with Crippen LogP contribution in [0.4, 0.5) is 0 Å². The summed E-state index contributed by atoms with van der Waals surface area (Å²) >= 11 is 3.47. The van der Waals surface area contributed by atoms with Gasteiger partial charge in [0, 0.05) is 17.2 Å². The van der Waals surface area contributed by atoms with Crippen molar-refractivity contribution < 1.29 is 0 Å². The van der Waals surface area contributed by atoms with E-state index < -0.39 is 0 Å². The summed E-state index contributed by atoms with van der Waals surface area (Å²) < 4.78 is 2.89. The van der Waals surface area contributed by atoms with Crippen molar-refractivity contribution in [3.05, 3.63) is 46.2 Å². The van der Waals surface area contributed by atoms with Gasteiger partial charge in [0.15, 0.2) is 0 Å². The summed E-state index contributed by atoms with van der Waals surface area (Å²) in [4.78, 5) is 0. The van der Waals surface area contributed by atoms with Crippen LogP contribution in [-0.4, -0.2) is 9.78 Å². The van der Waals surface area contributed by atoms with Crippen molar-refractivity contribution in [2.75, 3.05) is 0 Å². The van der Waals surface area contributed by atoms with Crippen LogP contribution in [-0.2, 0) is 6.54 Å². The quantitative estimate of drug-likeness (QED) is 0.907. The fourth-order valence-corrected chi connectivity index (χ4v) is 2.06. The molecule has 0 unspecified atom stereocenters. The molecule has 4 heteroatoms. The third-order valence-electron chi connectivity index (χ3n) is 2.14. The number of hydrogen-bond donors (Lipinski definition) is 1. The van der Waals surface area contributed by atoms with E-state index in [1.807, 2.05) is 23.0 Å². The summed E-state index contributed by atoms with van der Waals surface area (Å²) in [5.41, 5.74) is 8.65. The molecule has 2 aromatic rings. The predicted molar refractivity (Wildman–Crippen MR) is 63.9 cm³/mol. The van der Waals surface area contributed by atoms with Gasteiger partial charge in [-0.2, -0.15) is 5.10 Å². The first-order valence-electron chi connectivity index (χ1n) is 4.71. The highest BCUT2D eigenvalue weighted by molar-refractivity contribution is 9.10. The molecule has 0 spiro atoms. The predicted octanol–water partition coefficient (Wildman–Crippen LogP) is 2.40. The topological polar surface area (TPSA) is 43.8 Å². The highest BCUT2D eigenvalue weighted by atomic mass is 79.9. The first-order chi connectivity index (χ1) is 7.19. The van der Waals surface area contributed by atoms with Gasteiger partial charge in [0.2, 0.25) is 0 Å². The normalized spacial score (nSPS) is 10.6. The summed E-state index contributed by atoms with van der Waals surface area (Å²) in [7, 11) is 0. The van der Waals surface area contributed by atoms with Crippen molar-refractivity contribution in [2.24, 2.45) is 5.73 Å². The van der Waals surface area contributed by atoms with Crippen LogP contribution in [0.5, 0.6) is 0 Å². The Morgan fingerprint density at radius 1 is 1.40 bits per heavy atom. The molecule has 15 heavy (non-hydrogen) atoms.